The maximum absolute atomic E-state index is 13.3. The zero-order valence-electron chi connectivity index (χ0n) is 9.86. The number of hydrogen-bond donors (Lipinski definition) is 0. The Morgan fingerprint density at radius 2 is 2.06 bits per heavy atom. The third-order valence-electron chi connectivity index (χ3n) is 3.29. The van der Waals surface area contributed by atoms with E-state index in [1.54, 1.807) is 6.07 Å². The first-order valence-corrected chi connectivity index (χ1v) is 6.89. The van der Waals surface area contributed by atoms with E-state index in [4.69, 9.17) is 11.6 Å². The summed E-state index contributed by atoms with van der Waals surface area (Å²) in [5, 5.41) is 1.09. The van der Waals surface area contributed by atoms with Crippen LogP contribution in [0.1, 0.15) is 26.3 Å². The van der Waals surface area contributed by atoms with Gasteiger partial charge in [-0.2, -0.15) is 0 Å². The molecule has 0 aliphatic rings. The zero-order chi connectivity index (χ0) is 12.3. The minimum absolute atomic E-state index is 0.139. The van der Waals surface area contributed by atoms with Crippen molar-refractivity contribution in [1.29, 1.82) is 0 Å². The van der Waals surface area contributed by atoms with E-state index in [0.717, 1.165) is 17.3 Å². The number of halogens is 3. The fourth-order valence-electron chi connectivity index (χ4n) is 1.52. The Labute approximate surface area is 110 Å². The van der Waals surface area contributed by atoms with Gasteiger partial charge in [0.05, 0.1) is 5.02 Å². The largest absolute Gasteiger partial charge is 0.205 e. The maximum Gasteiger partial charge on any atom is 0.142 e. The van der Waals surface area contributed by atoms with Crippen LogP contribution in [0.2, 0.25) is 5.02 Å². The van der Waals surface area contributed by atoms with Crippen LogP contribution in [-0.2, 0) is 6.42 Å². The topological polar surface area (TPSA) is 0 Å². The lowest BCUT2D eigenvalue weighted by molar-refractivity contribution is 0.257. The van der Waals surface area contributed by atoms with E-state index in [1.807, 2.05) is 6.07 Å². The molecule has 0 radical (unpaired) electrons. The van der Waals surface area contributed by atoms with Crippen LogP contribution in [-0.4, -0.2) is 5.33 Å². The monoisotopic (exact) mass is 306 g/mol. The van der Waals surface area contributed by atoms with Gasteiger partial charge in [0.15, 0.2) is 0 Å². The van der Waals surface area contributed by atoms with E-state index in [1.165, 1.54) is 6.07 Å². The summed E-state index contributed by atoms with van der Waals surface area (Å²) in [6.45, 7) is 6.58. The highest BCUT2D eigenvalue weighted by Crippen LogP contribution is 2.33. The molecule has 1 aromatic carbocycles. The maximum atomic E-state index is 13.3. The number of rotatable bonds is 4. The molecule has 1 aromatic rings. The molecule has 0 aliphatic heterocycles. The van der Waals surface area contributed by atoms with Crippen molar-refractivity contribution in [1.82, 2.24) is 0 Å². The average molecular weight is 308 g/mol. The standard InChI is InChI=1S/C13H17BrClF/c1-9(2)13(3,8-14)7-10-4-5-11(15)12(16)6-10/h4-6,9H,7-8H2,1-3H3. The summed E-state index contributed by atoms with van der Waals surface area (Å²) in [6.07, 6.45) is 0.851. The molecular formula is C13H17BrClF. The Morgan fingerprint density at radius 3 is 2.50 bits per heavy atom. The van der Waals surface area contributed by atoms with Crippen molar-refractivity contribution in [2.24, 2.45) is 11.3 Å². The van der Waals surface area contributed by atoms with Gasteiger partial charge in [-0.25, -0.2) is 4.39 Å². The third-order valence-corrected chi connectivity index (χ3v) is 4.88. The van der Waals surface area contributed by atoms with Crippen molar-refractivity contribution in [2.75, 3.05) is 5.33 Å². The minimum atomic E-state index is -0.333. The molecule has 0 spiro atoms. The lowest BCUT2D eigenvalue weighted by Crippen LogP contribution is -2.28. The summed E-state index contributed by atoms with van der Waals surface area (Å²) < 4.78 is 13.3. The molecule has 0 aliphatic carbocycles. The highest BCUT2D eigenvalue weighted by molar-refractivity contribution is 9.09. The lowest BCUT2D eigenvalue weighted by atomic mass is 9.76. The van der Waals surface area contributed by atoms with Crippen LogP contribution < -0.4 is 0 Å². The SMILES string of the molecule is CC(C)C(C)(CBr)Cc1ccc(Cl)c(F)c1. The van der Waals surface area contributed by atoms with Crippen LogP contribution in [0, 0.1) is 17.2 Å². The predicted octanol–water partition coefficient (Wildman–Crippen LogP) is 5.08. The second-order valence-corrected chi connectivity index (χ2v) is 5.84. The van der Waals surface area contributed by atoms with E-state index in [9.17, 15) is 4.39 Å². The van der Waals surface area contributed by atoms with Gasteiger partial charge in [0, 0.05) is 5.33 Å². The molecule has 0 fully saturated rings. The number of benzene rings is 1. The van der Waals surface area contributed by atoms with Crippen molar-refractivity contribution in [3.63, 3.8) is 0 Å². The van der Waals surface area contributed by atoms with Gasteiger partial charge >= 0.3 is 0 Å². The number of hydrogen-bond acceptors (Lipinski definition) is 0. The fraction of sp³-hybridized carbons (Fsp3) is 0.538. The molecule has 16 heavy (non-hydrogen) atoms. The molecule has 1 unspecified atom stereocenters. The summed E-state index contributed by atoms with van der Waals surface area (Å²) in [5.74, 6) is 0.199. The van der Waals surface area contributed by atoms with E-state index in [-0.39, 0.29) is 16.3 Å². The van der Waals surface area contributed by atoms with Gasteiger partial charge in [0.1, 0.15) is 5.82 Å². The molecule has 3 heteroatoms. The van der Waals surface area contributed by atoms with Crippen LogP contribution >= 0.6 is 27.5 Å². The van der Waals surface area contributed by atoms with Gasteiger partial charge in [0.25, 0.3) is 0 Å². The molecule has 0 bridgehead atoms. The molecule has 0 N–H and O–H groups in total. The third kappa shape index (κ3) is 3.21. The van der Waals surface area contributed by atoms with Crippen LogP contribution in [0.25, 0.3) is 0 Å². The summed E-state index contributed by atoms with van der Waals surface area (Å²) in [7, 11) is 0. The molecule has 0 heterocycles. The molecule has 0 amide bonds. The van der Waals surface area contributed by atoms with Crippen molar-refractivity contribution >= 4 is 27.5 Å². The fourth-order valence-corrected chi connectivity index (χ4v) is 2.48. The molecule has 0 aromatic heterocycles. The smallest absolute Gasteiger partial charge is 0.142 e. The second-order valence-electron chi connectivity index (χ2n) is 4.87. The van der Waals surface area contributed by atoms with Gasteiger partial charge in [-0.05, 0) is 35.4 Å². The molecule has 0 saturated heterocycles. The predicted molar refractivity (Wildman–Crippen MR) is 71.9 cm³/mol. The van der Waals surface area contributed by atoms with Crippen molar-refractivity contribution in [3.05, 3.63) is 34.6 Å². The van der Waals surface area contributed by atoms with Crippen molar-refractivity contribution < 1.29 is 4.39 Å². The Hall–Kier alpha value is -0.0800. The quantitative estimate of drug-likeness (QED) is 0.681. The Bertz CT molecular complexity index is 365. The number of alkyl halides is 1. The van der Waals surface area contributed by atoms with E-state index in [2.05, 4.69) is 36.7 Å². The lowest BCUT2D eigenvalue weighted by Gasteiger charge is -2.32. The highest BCUT2D eigenvalue weighted by atomic mass is 79.9. The van der Waals surface area contributed by atoms with E-state index < -0.39 is 0 Å². The highest BCUT2D eigenvalue weighted by Gasteiger charge is 2.27. The first kappa shape index (κ1) is 14.0. The zero-order valence-corrected chi connectivity index (χ0v) is 12.2. The van der Waals surface area contributed by atoms with Gasteiger partial charge in [-0.15, -0.1) is 0 Å². The summed E-state index contributed by atoms with van der Waals surface area (Å²) in [5.41, 5.74) is 1.14. The van der Waals surface area contributed by atoms with Gasteiger partial charge in [0.2, 0.25) is 0 Å². The van der Waals surface area contributed by atoms with Crippen LogP contribution in [0.5, 0.6) is 0 Å². The molecule has 90 valence electrons. The van der Waals surface area contributed by atoms with Crippen LogP contribution in [0.4, 0.5) is 4.39 Å². The van der Waals surface area contributed by atoms with Gasteiger partial charge in [-0.1, -0.05) is 54.4 Å². The Morgan fingerprint density at radius 1 is 1.44 bits per heavy atom. The van der Waals surface area contributed by atoms with Crippen LogP contribution in [0.3, 0.4) is 0 Å². The first-order chi connectivity index (χ1) is 7.39. The summed E-state index contributed by atoms with van der Waals surface area (Å²) >= 11 is 9.21. The van der Waals surface area contributed by atoms with Gasteiger partial charge < -0.3 is 0 Å². The minimum Gasteiger partial charge on any atom is -0.205 e. The molecule has 1 atom stereocenters. The normalized spacial score (nSPS) is 15.2. The average Bonchev–Trinajstić information content (AvgIpc) is 2.23. The Balaban J connectivity index is 2.90. The Kier molecular flexibility index (Phi) is 4.81. The van der Waals surface area contributed by atoms with Gasteiger partial charge in [-0.3, -0.25) is 0 Å². The second kappa shape index (κ2) is 5.50. The van der Waals surface area contributed by atoms with Crippen molar-refractivity contribution in [3.8, 4) is 0 Å². The summed E-state index contributed by atoms with van der Waals surface area (Å²) in [6, 6.07) is 5.06. The molecule has 1 rings (SSSR count). The molecule has 0 saturated carbocycles. The van der Waals surface area contributed by atoms with Crippen LogP contribution in [0.15, 0.2) is 18.2 Å². The summed E-state index contributed by atoms with van der Waals surface area (Å²) in [4.78, 5) is 0. The van der Waals surface area contributed by atoms with E-state index in [0.29, 0.717) is 5.92 Å². The molecule has 0 nitrogen and oxygen atoms in total. The van der Waals surface area contributed by atoms with E-state index >= 15 is 0 Å². The first-order valence-electron chi connectivity index (χ1n) is 5.39. The van der Waals surface area contributed by atoms with Crippen molar-refractivity contribution in [2.45, 2.75) is 27.2 Å². The molecular weight excluding hydrogens is 290 g/mol.